The lowest BCUT2D eigenvalue weighted by molar-refractivity contribution is 0.250. The summed E-state index contributed by atoms with van der Waals surface area (Å²) >= 11 is 3.27. The average Bonchev–Trinajstić information content (AvgIpc) is 2.13. The first-order valence-electron chi connectivity index (χ1n) is 5.46. The number of hydrogen-bond acceptors (Lipinski definition) is 3. The monoisotopic (exact) mass is 318 g/mol. The molecule has 1 saturated carbocycles. The quantitative estimate of drug-likeness (QED) is 0.869. The van der Waals surface area contributed by atoms with Crippen LogP contribution in [0.3, 0.4) is 0 Å². The smallest absolute Gasteiger partial charge is 0.245 e. The van der Waals surface area contributed by atoms with Gasteiger partial charge >= 0.3 is 0 Å². The first kappa shape index (κ1) is 12.9. The highest BCUT2D eigenvalue weighted by molar-refractivity contribution is 9.10. The third-order valence-corrected chi connectivity index (χ3v) is 5.70. The Hall–Kier alpha value is -0.590. The van der Waals surface area contributed by atoms with Crippen LogP contribution >= 0.6 is 15.9 Å². The van der Waals surface area contributed by atoms with Gasteiger partial charge in [-0.1, -0.05) is 22.4 Å². The van der Waals surface area contributed by atoms with Crippen LogP contribution in [-0.2, 0) is 10.0 Å². The molecule has 0 heterocycles. The first-order chi connectivity index (χ1) is 7.93. The van der Waals surface area contributed by atoms with E-state index in [0.717, 1.165) is 23.7 Å². The predicted molar refractivity (Wildman–Crippen MR) is 71.1 cm³/mol. The van der Waals surface area contributed by atoms with Crippen LogP contribution in [0.25, 0.3) is 0 Å². The van der Waals surface area contributed by atoms with Crippen molar-refractivity contribution in [2.75, 3.05) is 12.8 Å². The van der Waals surface area contributed by atoms with E-state index in [4.69, 9.17) is 5.73 Å². The number of halogens is 1. The standard InChI is InChI=1S/C11H15BrN2O2S/c1-14(9-3-2-4-9)17(15,16)11-6-5-8(12)7-10(11)13/h5-7,9H,2-4,13H2,1H3. The van der Waals surface area contributed by atoms with Crippen molar-refractivity contribution < 1.29 is 8.42 Å². The van der Waals surface area contributed by atoms with Crippen molar-refractivity contribution in [3.8, 4) is 0 Å². The minimum atomic E-state index is -3.46. The van der Waals surface area contributed by atoms with Crippen LogP contribution in [0.15, 0.2) is 27.6 Å². The molecule has 1 aromatic rings. The number of nitrogen functional groups attached to an aromatic ring is 1. The molecule has 1 aliphatic rings. The number of benzene rings is 1. The van der Waals surface area contributed by atoms with Crippen molar-refractivity contribution in [2.45, 2.75) is 30.2 Å². The topological polar surface area (TPSA) is 63.4 Å². The summed E-state index contributed by atoms with van der Waals surface area (Å²) in [5, 5.41) is 0. The summed E-state index contributed by atoms with van der Waals surface area (Å²) in [6, 6.07) is 4.98. The second-order valence-corrected chi connectivity index (χ2v) is 7.17. The maximum atomic E-state index is 12.3. The summed E-state index contributed by atoms with van der Waals surface area (Å²) in [5.74, 6) is 0. The van der Waals surface area contributed by atoms with Gasteiger partial charge in [0, 0.05) is 17.6 Å². The van der Waals surface area contributed by atoms with Gasteiger partial charge in [-0.3, -0.25) is 0 Å². The van der Waals surface area contributed by atoms with E-state index < -0.39 is 10.0 Å². The predicted octanol–water partition coefficient (Wildman–Crippen LogP) is 2.20. The van der Waals surface area contributed by atoms with Crippen LogP contribution in [0.2, 0.25) is 0 Å². The van der Waals surface area contributed by atoms with Gasteiger partial charge < -0.3 is 5.73 Å². The summed E-state index contributed by atoms with van der Waals surface area (Å²) in [6.07, 6.45) is 2.97. The zero-order valence-electron chi connectivity index (χ0n) is 9.56. The summed E-state index contributed by atoms with van der Waals surface area (Å²) in [6.45, 7) is 0. The molecule has 94 valence electrons. The fraction of sp³-hybridized carbons (Fsp3) is 0.455. The normalized spacial score (nSPS) is 17.1. The average molecular weight is 319 g/mol. The van der Waals surface area contributed by atoms with Crippen LogP contribution in [-0.4, -0.2) is 25.8 Å². The summed E-state index contributed by atoms with van der Waals surface area (Å²) in [5.41, 5.74) is 6.05. The van der Waals surface area contributed by atoms with Crippen molar-refractivity contribution in [2.24, 2.45) is 0 Å². The van der Waals surface area contributed by atoms with E-state index in [2.05, 4.69) is 15.9 Å². The van der Waals surface area contributed by atoms with Gasteiger partial charge in [-0.2, -0.15) is 4.31 Å². The Labute approximate surface area is 110 Å². The molecule has 0 bridgehead atoms. The molecule has 1 fully saturated rings. The first-order valence-corrected chi connectivity index (χ1v) is 7.69. The molecule has 6 heteroatoms. The molecular weight excluding hydrogens is 304 g/mol. The lowest BCUT2D eigenvalue weighted by Crippen LogP contribution is -2.41. The van der Waals surface area contributed by atoms with E-state index in [9.17, 15) is 8.42 Å². The van der Waals surface area contributed by atoms with Gasteiger partial charge in [-0.25, -0.2) is 8.42 Å². The van der Waals surface area contributed by atoms with Crippen molar-refractivity contribution in [1.82, 2.24) is 4.31 Å². The number of nitrogens with zero attached hydrogens (tertiary/aromatic N) is 1. The zero-order valence-corrected chi connectivity index (χ0v) is 12.0. The molecule has 17 heavy (non-hydrogen) atoms. The Balaban J connectivity index is 2.36. The molecular formula is C11H15BrN2O2S. The van der Waals surface area contributed by atoms with Gasteiger partial charge in [0.05, 0.1) is 5.69 Å². The Bertz CT molecular complexity index is 526. The number of sulfonamides is 1. The van der Waals surface area contributed by atoms with Gasteiger partial charge in [-0.15, -0.1) is 0 Å². The van der Waals surface area contributed by atoms with Gasteiger partial charge in [0.2, 0.25) is 10.0 Å². The Kier molecular flexibility index (Phi) is 3.47. The molecule has 0 aliphatic heterocycles. The van der Waals surface area contributed by atoms with Gasteiger partial charge in [0.1, 0.15) is 4.90 Å². The van der Waals surface area contributed by atoms with Crippen LogP contribution in [0.4, 0.5) is 5.69 Å². The second-order valence-electron chi connectivity index (χ2n) is 4.29. The van der Waals surface area contributed by atoms with E-state index >= 15 is 0 Å². The highest BCUT2D eigenvalue weighted by Gasteiger charge is 2.32. The number of rotatable bonds is 3. The molecule has 1 aliphatic carbocycles. The van der Waals surface area contributed by atoms with E-state index in [1.165, 1.54) is 4.31 Å². The van der Waals surface area contributed by atoms with Gasteiger partial charge in [-0.05, 0) is 31.0 Å². The Morgan fingerprint density at radius 2 is 2.06 bits per heavy atom. The van der Waals surface area contributed by atoms with E-state index in [1.54, 1.807) is 25.2 Å². The third-order valence-electron chi connectivity index (χ3n) is 3.22. The minimum Gasteiger partial charge on any atom is -0.398 e. The minimum absolute atomic E-state index is 0.128. The maximum absolute atomic E-state index is 12.3. The molecule has 0 saturated heterocycles. The Morgan fingerprint density at radius 1 is 1.41 bits per heavy atom. The van der Waals surface area contributed by atoms with Gasteiger partial charge in [0.25, 0.3) is 0 Å². The highest BCUT2D eigenvalue weighted by Crippen LogP contribution is 2.31. The lowest BCUT2D eigenvalue weighted by atomic mass is 9.94. The van der Waals surface area contributed by atoms with Crippen LogP contribution in [0.5, 0.6) is 0 Å². The fourth-order valence-electron chi connectivity index (χ4n) is 1.86. The molecule has 1 aromatic carbocycles. The van der Waals surface area contributed by atoms with E-state index in [0.29, 0.717) is 0 Å². The molecule has 0 aromatic heterocycles. The number of hydrogen-bond donors (Lipinski definition) is 1. The molecule has 0 unspecified atom stereocenters. The highest BCUT2D eigenvalue weighted by atomic mass is 79.9. The van der Waals surface area contributed by atoms with Crippen molar-refractivity contribution in [3.63, 3.8) is 0 Å². The van der Waals surface area contributed by atoms with Crippen molar-refractivity contribution >= 4 is 31.6 Å². The summed E-state index contributed by atoms with van der Waals surface area (Å²) in [7, 11) is -1.83. The molecule has 2 rings (SSSR count). The third kappa shape index (κ3) is 2.34. The summed E-state index contributed by atoms with van der Waals surface area (Å²) in [4.78, 5) is 0.190. The van der Waals surface area contributed by atoms with Gasteiger partial charge in [0.15, 0.2) is 0 Å². The lowest BCUT2D eigenvalue weighted by Gasteiger charge is -2.34. The van der Waals surface area contributed by atoms with E-state index in [1.807, 2.05) is 0 Å². The van der Waals surface area contributed by atoms with Crippen LogP contribution in [0, 0.1) is 0 Å². The zero-order chi connectivity index (χ0) is 12.6. The molecule has 0 atom stereocenters. The Morgan fingerprint density at radius 3 is 2.53 bits per heavy atom. The molecule has 2 N–H and O–H groups in total. The molecule has 0 amide bonds. The van der Waals surface area contributed by atoms with Crippen molar-refractivity contribution in [1.29, 1.82) is 0 Å². The largest absolute Gasteiger partial charge is 0.398 e. The molecule has 4 nitrogen and oxygen atoms in total. The van der Waals surface area contributed by atoms with Crippen LogP contribution in [0.1, 0.15) is 19.3 Å². The molecule has 0 spiro atoms. The van der Waals surface area contributed by atoms with Crippen LogP contribution < -0.4 is 5.73 Å². The number of anilines is 1. The maximum Gasteiger partial charge on any atom is 0.245 e. The SMILES string of the molecule is CN(C1CCC1)S(=O)(=O)c1ccc(Br)cc1N. The molecule has 0 radical (unpaired) electrons. The summed E-state index contributed by atoms with van der Waals surface area (Å²) < 4.78 is 26.9. The number of nitrogens with two attached hydrogens (primary N) is 1. The van der Waals surface area contributed by atoms with Crippen molar-refractivity contribution in [3.05, 3.63) is 22.7 Å². The van der Waals surface area contributed by atoms with E-state index in [-0.39, 0.29) is 16.6 Å². The fourth-order valence-corrected chi connectivity index (χ4v) is 3.75. The second kappa shape index (κ2) is 4.59.